The maximum absolute atomic E-state index is 11.1. The van der Waals surface area contributed by atoms with Crippen LogP contribution in [0.3, 0.4) is 0 Å². The average Bonchev–Trinajstić information content (AvgIpc) is 2.86. The number of anilines is 1. The van der Waals surface area contributed by atoms with Gasteiger partial charge in [0, 0.05) is 11.9 Å². The van der Waals surface area contributed by atoms with Gasteiger partial charge in [-0.05, 0) is 61.3 Å². The van der Waals surface area contributed by atoms with Crippen molar-refractivity contribution in [2.45, 2.75) is 52.1 Å². The lowest BCUT2D eigenvalue weighted by Crippen LogP contribution is -2.36. The Morgan fingerprint density at radius 1 is 1.23 bits per heavy atom. The molecule has 3 N–H and O–H groups in total. The molecule has 2 aromatic rings. The summed E-state index contributed by atoms with van der Waals surface area (Å²) in [6, 6.07) is 6.05. The molecule has 1 aliphatic rings. The number of aromatic nitrogens is 1. The van der Waals surface area contributed by atoms with Gasteiger partial charge in [-0.1, -0.05) is 19.9 Å². The minimum Gasteiger partial charge on any atom is -0.399 e. The van der Waals surface area contributed by atoms with Crippen molar-refractivity contribution in [3.63, 3.8) is 0 Å². The number of aliphatic hydroxyl groups is 1. The Hall–Kier alpha value is -1.39. The molecule has 1 saturated carbocycles. The van der Waals surface area contributed by atoms with Crippen LogP contribution in [-0.2, 0) is 5.60 Å². The highest BCUT2D eigenvalue weighted by Gasteiger charge is 2.41. The van der Waals surface area contributed by atoms with E-state index in [9.17, 15) is 5.11 Å². The van der Waals surface area contributed by atoms with Crippen LogP contribution in [-0.4, -0.2) is 10.1 Å². The summed E-state index contributed by atoms with van der Waals surface area (Å²) in [5.74, 6) is 0. The number of nitrogens with two attached hydrogens (primary N) is 1. The fourth-order valence-corrected chi connectivity index (χ4v) is 4.61. The van der Waals surface area contributed by atoms with Gasteiger partial charge in [-0.15, -0.1) is 11.3 Å². The monoisotopic (exact) mass is 316 g/mol. The second-order valence-electron chi connectivity index (χ2n) is 7.39. The Kier molecular flexibility index (Phi) is 3.77. The maximum Gasteiger partial charge on any atom is 0.125 e. The topological polar surface area (TPSA) is 59.1 Å². The van der Waals surface area contributed by atoms with Crippen molar-refractivity contribution in [1.29, 1.82) is 0 Å². The summed E-state index contributed by atoms with van der Waals surface area (Å²) in [4.78, 5) is 5.61. The summed E-state index contributed by atoms with van der Waals surface area (Å²) < 4.78 is 0. The smallest absolute Gasteiger partial charge is 0.125 e. The van der Waals surface area contributed by atoms with Crippen molar-refractivity contribution in [2.75, 3.05) is 5.73 Å². The zero-order valence-corrected chi connectivity index (χ0v) is 14.3. The van der Waals surface area contributed by atoms with Crippen LogP contribution in [0.25, 0.3) is 10.4 Å². The predicted octanol–water partition coefficient (Wildman–Crippen LogP) is 4.49. The first-order chi connectivity index (χ1) is 10.3. The van der Waals surface area contributed by atoms with Crippen molar-refractivity contribution < 1.29 is 5.11 Å². The molecule has 0 saturated heterocycles. The van der Waals surface area contributed by atoms with Gasteiger partial charge in [0.2, 0.25) is 0 Å². The molecule has 0 amide bonds. The summed E-state index contributed by atoms with van der Waals surface area (Å²) >= 11 is 1.59. The molecule has 1 atom stereocenters. The number of thiazole rings is 1. The molecule has 1 unspecified atom stereocenters. The summed E-state index contributed by atoms with van der Waals surface area (Å²) in [6.07, 6.45) is 5.67. The highest BCUT2D eigenvalue weighted by atomic mass is 32.1. The summed E-state index contributed by atoms with van der Waals surface area (Å²) in [6.45, 7) is 6.50. The average molecular weight is 316 g/mol. The standard InChI is InChI=1S/C18H24N2OS/c1-12-7-13(9-14(19)8-12)15-10-20-16(22-15)18(21)6-4-5-17(2,3)11-18/h7-10,21H,4-6,11,19H2,1-3H3. The predicted molar refractivity (Wildman–Crippen MR) is 92.8 cm³/mol. The first kappa shape index (κ1) is 15.5. The zero-order valence-electron chi connectivity index (χ0n) is 13.5. The van der Waals surface area contributed by atoms with Crippen LogP contribution >= 0.6 is 11.3 Å². The minimum atomic E-state index is -0.778. The van der Waals surface area contributed by atoms with Gasteiger partial charge in [-0.3, -0.25) is 0 Å². The lowest BCUT2D eigenvalue weighted by atomic mass is 9.70. The van der Waals surface area contributed by atoms with Gasteiger partial charge in [0.1, 0.15) is 10.6 Å². The fourth-order valence-electron chi connectivity index (χ4n) is 3.59. The second-order valence-corrected chi connectivity index (χ2v) is 8.42. The van der Waals surface area contributed by atoms with E-state index in [1.54, 1.807) is 11.3 Å². The normalized spacial score (nSPS) is 24.4. The molecule has 0 bridgehead atoms. The SMILES string of the molecule is Cc1cc(N)cc(-c2cnc(C3(O)CCCC(C)(C)C3)s2)c1. The largest absolute Gasteiger partial charge is 0.399 e. The lowest BCUT2D eigenvalue weighted by Gasteiger charge is -2.40. The second kappa shape index (κ2) is 5.36. The molecular formula is C18H24N2OS. The molecule has 118 valence electrons. The molecular weight excluding hydrogens is 292 g/mol. The highest BCUT2D eigenvalue weighted by Crippen LogP contribution is 2.47. The molecule has 0 spiro atoms. The number of aryl methyl sites for hydroxylation is 1. The van der Waals surface area contributed by atoms with Crippen LogP contribution in [0.5, 0.6) is 0 Å². The molecule has 1 aliphatic carbocycles. The van der Waals surface area contributed by atoms with Gasteiger partial charge in [-0.2, -0.15) is 0 Å². The highest BCUT2D eigenvalue weighted by molar-refractivity contribution is 7.15. The van der Waals surface area contributed by atoms with Crippen molar-refractivity contribution in [1.82, 2.24) is 4.98 Å². The van der Waals surface area contributed by atoms with Gasteiger partial charge in [0.15, 0.2) is 0 Å². The van der Waals surface area contributed by atoms with E-state index >= 15 is 0 Å². The maximum atomic E-state index is 11.1. The molecule has 3 rings (SSSR count). The van der Waals surface area contributed by atoms with E-state index in [1.807, 2.05) is 25.3 Å². The summed E-state index contributed by atoms with van der Waals surface area (Å²) in [5.41, 5.74) is 8.33. The van der Waals surface area contributed by atoms with E-state index in [2.05, 4.69) is 24.9 Å². The number of nitrogen functional groups attached to an aromatic ring is 1. The fraction of sp³-hybridized carbons (Fsp3) is 0.500. The van der Waals surface area contributed by atoms with Crippen LogP contribution in [0.15, 0.2) is 24.4 Å². The van der Waals surface area contributed by atoms with Crippen molar-refractivity contribution in [3.8, 4) is 10.4 Å². The minimum absolute atomic E-state index is 0.173. The Balaban J connectivity index is 1.93. The third-order valence-electron chi connectivity index (χ3n) is 4.50. The van der Waals surface area contributed by atoms with Crippen LogP contribution in [0.1, 0.15) is 50.1 Å². The number of benzene rings is 1. The van der Waals surface area contributed by atoms with Crippen molar-refractivity contribution in [2.24, 2.45) is 5.41 Å². The third-order valence-corrected chi connectivity index (χ3v) is 5.74. The quantitative estimate of drug-likeness (QED) is 0.803. The summed E-state index contributed by atoms with van der Waals surface area (Å²) in [7, 11) is 0. The van der Waals surface area contributed by atoms with E-state index in [0.717, 1.165) is 46.0 Å². The van der Waals surface area contributed by atoms with Crippen LogP contribution in [0.2, 0.25) is 0 Å². The lowest BCUT2D eigenvalue weighted by molar-refractivity contribution is -0.0441. The molecule has 4 heteroatoms. The van der Waals surface area contributed by atoms with E-state index in [-0.39, 0.29) is 5.41 Å². The number of nitrogens with zero attached hydrogens (tertiary/aromatic N) is 1. The Morgan fingerprint density at radius 3 is 2.68 bits per heavy atom. The Morgan fingerprint density at radius 2 is 2.00 bits per heavy atom. The van der Waals surface area contributed by atoms with Crippen molar-refractivity contribution in [3.05, 3.63) is 35.0 Å². The Labute approximate surface area is 136 Å². The van der Waals surface area contributed by atoms with Gasteiger partial charge >= 0.3 is 0 Å². The molecule has 22 heavy (non-hydrogen) atoms. The van der Waals surface area contributed by atoms with Crippen molar-refractivity contribution >= 4 is 17.0 Å². The molecule has 1 aromatic heterocycles. The van der Waals surface area contributed by atoms with E-state index in [1.165, 1.54) is 6.42 Å². The zero-order chi connectivity index (χ0) is 16.0. The number of hydrogen-bond acceptors (Lipinski definition) is 4. The molecule has 1 heterocycles. The molecule has 0 radical (unpaired) electrons. The van der Waals surface area contributed by atoms with Crippen LogP contribution in [0, 0.1) is 12.3 Å². The third kappa shape index (κ3) is 3.03. The molecule has 0 aliphatic heterocycles. The number of rotatable bonds is 2. The molecule has 1 fully saturated rings. The van der Waals surface area contributed by atoms with E-state index in [0.29, 0.717) is 0 Å². The van der Waals surface area contributed by atoms with Gasteiger partial charge in [0.25, 0.3) is 0 Å². The van der Waals surface area contributed by atoms with Crippen LogP contribution in [0.4, 0.5) is 5.69 Å². The van der Waals surface area contributed by atoms with Gasteiger partial charge in [-0.25, -0.2) is 4.98 Å². The Bertz CT molecular complexity index is 672. The summed E-state index contributed by atoms with van der Waals surface area (Å²) in [5, 5.41) is 11.9. The van der Waals surface area contributed by atoms with Gasteiger partial charge in [0.05, 0.1) is 4.88 Å². The molecule has 1 aromatic carbocycles. The van der Waals surface area contributed by atoms with Gasteiger partial charge < -0.3 is 10.8 Å². The van der Waals surface area contributed by atoms with E-state index < -0.39 is 5.60 Å². The first-order valence-corrected chi connectivity index (χ1v) is 8.65. The van der Waals surface area contributed by atoms with E-state index in [4.69, 9.17) is 5.73 Å². The molecule has 3 nitrogen and oxygen atoms in total. The number of hydrogen-bond donors (Lipinski definition) is 2. The first-order valence-electron chi connectivity index (χ1n) is 7.84. The van der Waals surface area contributed by atoms with Crippen LogP contribution < -0.4 is 5.73 Å².